The van der Waals surface area contributed by atoms with Gasteiger partial charge in [-0.2, -0.15) is 0 Å². The van der Waals surface area contributed by atoms with Crippen LogP contribution in [0.4, 0.5) is 10.1 Å². The van der Waals surface area contributed by atoms with Gasteiger partial charge in [0.1, 0.15) is 0 Å². The highest BCUT2D eigenvalue weighted by Crippen LogP contribution is 2.39. The number of guanidine groups is 1. The van der Waals surface area contributed by atoms with Crippen LogP contribution in [0.3, 0.4) is 0 Å². The molecule has 3 N–H and O–H groups in total. The summed E-state index contributed by atoms with van der Waals surface area (Å²) in [5.74, 6) is 0.914. The number of anilines is 1. The minimum absolute atomic E-state index is 0.321. The van der Waals surface area contributed by atoms with Crippen molar-refractivity contribution < 1.29 is 23.7 Å². The Hall–Kier alpha value is -3.16. The van der Waals surface area contributed by atoms with Crippen molar-refractivity contribution in [2.75, 3.05) is 33.7 Å². The summed E-state index contributed by atoms with van der Waals surface area (Å²) >= 11 is 0. The fourth-order valence-corrected chi connectivity index (χ4v) is 2.32. The summed E-state index contributed by atoms with van der Waals surface area (Å²) in [6.07, 6.45) is 0. The van der Waals surface area contributed by atoms with Gasteiger partial charge in [0.05, 0.1) is 21.3 Å². The van der Waals surface area contributed by atoms with E-state index in [0.29, 0.717) is 41.0 Å². The summed E-state index contributed by atoms with van der Waals surface area (Å²) in [5.41, 5.74) is 1.33. The molecule has 0 aromatic heterocycles. The molecular weight excluding hydrogens is 341 g/mol. The number of hydrogen-bond donors (Lipinski definition) is 3. The van der Waals surface area contributed by atoms with Crippen LogP contribution in [0.2, 0.25) is 0 Å². The first-order valence-corrected chi connectivity index (χ1v) is 7.77. The monoisotopic (exact) mass is 363 g/mol. The molecule has 0 aliphatic heterocycles. The maximum Gasteiger partial charge on any atom is 0.203 e. The Morgan fingerprint density at radius 2 is 1.73 bits per heavy atom. The zero-order valence-electron chi connectivity index (χ0n) is 15.1. The number of phenolic OH excluding ortho intramolecular Hbond substituents is 1. The molecule has 0 bridgehead atoms. The Bertz CT molecular complexity index is 771. The van der Waals surface area contributed by atoms with Gasteiger partial charge in [-0.15, -0.1) is 0 Å². The van der Waals surface area contributed by atoms with Crippen LogP contribution in [-0.2, 0) is 6.54 Å². The van der Waals surface area contributed by atoms with Crippen molar-refractivity contribution in [2.45, 2.75) is 6.54 Å². The van der Waals surface area contributed by atoms with Gasteiger partial charge < -0.3 is 30.0 Å². The smallest absolute Gasteiger partial charge is 0.203 e. The Kier molecular flexibility index (Phi) is 6.48. The molecule has 0 saturated carbocycles. The van der Waals surface area contributed by atoms with Crippen molar-refractivity contribution in [2.24, 2.45) is 4.99 Å². The maximum absolute atomic E-state index is 13.4. The van der Waals surface area contributed by atoms with E-state index in [-0.39, 0.29) is 5.75 Å². The summed E-state index contributed by atoms with van der Waals surface area (Å²) in [6, 6.07) is 7.68. The summed E-state index contributed by atoms with van der Waals surface area (Å²) in [7, 11) is 6.22. The SMILES string of the molecule is CN=C(NCc1ccc(O)c(F)c1)Nc1cc(OC)c(OC)c(OC)c1. The van der Waals surface area contributed by atoms with Gasteiger partial charge in [-0.1, -0.05) is 6.07 Å². The molecule has 140 valence electrons. The third-order valence-electron chi connectivity index (χ3n) is 3.62. The highest BCUT2D eigenvalue weighted by molar-refractivity contribution is 5.94. The van der Waals surface area contributed by atoms with Crippen molar-refractivity contribution >= 4 is 11.6 Å². The third-order valence-corrected chi connectivity index (χ3v) is 3.62. The van der Waals surface area contributed by atoms with Crippen LogP contribution in [0.25, 0.3) is 0 Å². The van der Waals surface area contributed by atoms with Gasteiger partial charge in [-0.05, 0) is 17.7 Å². The van der Waals surface area contributed by atoms with Crippen molar-refractivity contribution in [3.8, 4) is 23.0 Å². The quantitative estimate of drug-likeness (QED) is 0.541. The first kappa shape index (κ1) is 19.2. The minimum Gasteiger partial charge on any atom is -0.505 e. The van der Waals surface area contributed by atoms with E-state index >= 15 is 0 Å². The molecule has 7 nitrogen and oxygen atoms in total. The van der Waals surface area contributed by atoms with E-state index < -0.39 is 5.82 Å². The number of methoxy groups -OCH3 is 3. The Balaban J connectivity index is 2.13. The second kappa shape index (κ2) is 8.80. The third kappa shape index (κ3) is 4.47. The maximum atomic E-state index is 13.4. The fourth-order valence-electron chi connectivity index (χ4n) is 2.32. The summed E-state index contributed by atoms with van der Waals surface area (Å²) in [5, 5.41) is 15.4. The summed E-state index contributed by atoms with van der Waals surface area (Å²) in [6.45, 7) is 0.321. The second-order valence-corrected chi connectivity index (χ2v) is 5.25. The lowest BCUT2D eigenvalue weighted by Gasteiger charge is -2.16. The topological polar surface area (TPSA) is 84.3 Å². The molecule has 0 aliphatic carbocycles. The van der Waals surface area contributed by atoms with E-state index in [0.717, 1.165) is 0 Å². The zero-order chi connectivity index (χ0) is 19.1. The number of rotatable bonds is 6. The van der Waals surface area contributed by atoms with E-state index in [1.165, 1.54) is 33.5 Å². The molecule has 0 unspecified atom stereocenters. The highest BCUT2D eigenvalue weighted by atomic mass is 19.1. The van der Waals surface area contributed by atoms with Crippen molar-refractivity contribution in [3.63, 3.8) is 0 Å². The fraction of sp³-hybridized carbons (Fsp3) is 0.278. The van der Waals surface area contributed by atoms with E-state index in [2.05, 4.69) is 15.6 Å². The van der Waals surface area contributed by atoms with E-state index in [1.807, 2.05) is 0 Å². The lowest BCUT2D eigenvalue weighted by Crippen LogP contribution is -2.30. The van der Waals surface area contributed by atoms with Crippen LogP contribution in [0, 0.1) is 5.82 Å². The van der Waals surface area contributed by atoms with Crippen LogP contribution < -0.4 is 24.8 Å². The van der Waals surface area contributed by atoms with Crippen molar-refractivity contribution in [3.05, 3.63) is 41.7 Å². The van der Waals surface area contributed by atoms with Crippen molar-refractivity contribution in [1.29, 1.82) is 0 Å². The highest BCUT2D eigenvalue weighted by Gasteiger charge is 2.14. The van der Waals surface area contributed by atoms with Crippen LogP contribution in [-0.4, -0.2) is 39.4 Å². The molecule has 0 heterocycles. The molecule has 0 aliphatic rings. The molecule has 26 heavy (non-hydrogen) atoms. The first-order valence-electron chi connectivity index (χ1n) is 7.77. The zero-order valence-corrected chi connectivity index (χ0v) is 15.1. The summed E-state index contributed by atoms with van der Waals surface area (Å²) in [4.78, 5) is 4.13. The summed E-state index contributed by atoms with van der Waals surface area (Å²) < 4.78 is 29.3. The van der Waals surface area contributed by atoms with E-state index in [1.54, 1.807) is 25.2 Å². The van der Waals surface area contributed by atoms with Gasteiger partial charge in [-0.3, -0.25) is 4.99 Å². The van der Waals surface area contributed by atoms with Crippen LogP contribution in [0.5, 0.6) is 23.0 Å². The number of hydrogen-bond acceptors (Lipinski definition) is 5. The molecule has 0 spiro atoms. The molecule has 2 aromatic carbocycles. The average molecular weight is 363 g/mol. The number of aliphatic imine (C=N–C) groups is 1. The second-order valence-electron chi connectivity index (χ2n) is 5.25. The van der Waals surface area contributed by atoms with E-state index in [4.69, 9.17) is 14.2 Å². The molecular formula is C18H22FN3O4. The Morgan fingerprint density at radius 1 is 1.08 bits per heavy atom. The van der Waals surface area contributed by atoms with Crippen LogP contribution in [0.1, 0.15) is 5.56 Å². The largest absolute Gasteiger partial charge is 0.505 e. The number of halogens is 1. The first-order chi connectivity index (χ1) is 12.5. The number of ether oxygens (including phenoxy) is 3. The lowest BCUT2D eigenvalue weighted by atomic mass is 10.2. The molecule has 8 heteroatoms. The van der Waals surface area contributed by atoms with Crippen molar-refractivity contribution in [1.82, 2.24) is 5.32 Å². The molecule has 0 atom stereocenters. The number of nitrogens with zero attached hydrogens (tertiary/aromatic N) is 1. The number of benzene rings is 2. The standard InChI is InChI=1S/C18H22FN3O4/c1-20-18(21-10-11-5-6-14(23)13(19)7-11)22-12-8-15(24-2)17(26-4)16(9-12)25-3/h5-9,23H,10H2,1-4H3,(H2,20,21,22). The molecule has 0 saturated heterocycles. The minimum atomic E-state index is -0.670. The van der Waals surface area contributed by atoms with Gasteiger partial charge in [-0.25, -0.2) is 4.39 Å². The molecule has 0 amide bonds. The van der Waals surface area contributed by atoms with E-state index in [9.17, 15) is 9.50 Å². The molecule has 0 fully saturated rings. The van der Waals surface area contributed by atoms with Gasteiger partial charge >= 0.3 is 0 Å². The predicted molar refractivity (Wildman–Crippen MR) is 98.0 cm³/mol. The lowest BCUT2D eigenvalue weighted by molar-refractivity contribution is 0.324. The van der Waals surface area contributed by atoms with Crippen LogP contribution >= 0.6 is 0 Å². The normalized spacial score (nSPS) is 11.0. The number of phenols is 1. The van der Waals surface area contributed by atoms with Crippen LogP contribution in [0.15, 0.2) is 35.3 Å². The van der Waals surface area contributed by atoms with Gasteiger partial charge in [0.2, 0.25) is 5.75 Å². The number of aromatic hydroxyl groups is 1. The molecule has 2 aromatic rings. The number of nitrogens with one attached hydrogen (secondary N) is 2. The van der Waals surface area contributed by atoms with Gasteiger partial charge in [0.25, 0.3) is 0 Å². The van der Waals surface area contributed by atoms with Gasteiger partial charge in [0, 0.05) is 31.4 Å². The van der Waals surface area contributed by atoms with Gasteiger partial charge in [0.15, 0.2) is 29.0 Å². The Labute approximate surface area is 151 Å². The molecule has 0 radical (unpaired) electrons. The predicted octanol–water partition coefficient (Wildman–Crippen LogP) is 2.74. The average Bonchev–Trinajstić information content (AvgIpc) is 2.66. The Morgan fingerprint density at radius 3 is 2.23 bits per heavy atom. The molecule has 2 rings (SSSR count).